The van der Waals surface area contributed by atoms with E-state index in [4.69, 9.17) is 9.47 Å². The molecule has 2 aromatic rings. The van der Waals surface area contributed by atoms with Gasteiger partial charge >= 0.3 is 0 Å². The Morgan fingerprint density at radius 2 is 2.10 bits per heavy atom. The lowest BCUT2D eigenvalue weighted by Gasteiger charge is -2.20. The van der Waals surface area contributed by atoms with Crippen LogP contribution in [0.5, 0.6) is 11.5 Å². The number of rotatable bonds is 6. The summed E-state index contributed by atoms with van der Waals surface area (Å²) >= 11 is 0. The molecule has 0 aliphatic carbocycles. The molecule has 0 spiro atoms. The number of ether oxygens (including phenoxy) is 2. The van der Waals surface area contributed by atoms with Crippen molar-refractivity contribution in [3.63, 3.8) is 0 Å². The van der Waals surface area contributed by atoms with Crippen LogP contribution in [0.2, 0.25) is 0 Å². The Morgan fingerprint density at radius 3 is 2.71 bits per heavy atom. The quantitative estimate of drug-likeness (QED) is 0.866. The van der Waals surface area contributed by atoms with Crippen LogP contribution in [0.15, 0.2) is 41.3 Å². The molecular formula is C15H19N3O3. The molecule has 1 atom stereocenters. The molecule has 0 aliphatic rings. The highest BCUT2D eigenvalue weighted by Crippen LogP contribution is 2.29. The van der Waals surface area contributed by atoms with Crippen molar-refractivity contribution < 1.29 is 9.47 Å². The minimum atomic E-state index is -0.134. The third-order valence-electron chi connectivity index (χ3n) is 3.31. The van der Waals surface area contributed by atoms with Gasteiger partial charge < -0.3 is 14.8 Å². The summed E-state index contributed by atoms with van der Waals surface area (Å²) in [5, 5.41) is 7.27. The van der Waals surface area contributed by atoms with Gasteiger partial charge in [0.1, 0.15) is 11.5 Å². The third-order valence-corrected chi connectivity index (χ3v) is 3.31. The summed E-state index contributed by atoms with van der Waals surface area (Å²) in [5.74, 6) is 1.43. The van der Waals surface area contributed by atoms with Crippen molar-refractivity contribution in [1.82, 2.24) is 15.1 Å². The molecule has 0 saturated carbocycles. The number of methoxy groups -OCH3 is 2. The fourth-order valence-corrected chi connectivity index (χ4v) is 2.15. The van der Waals surface area contributed by atoms with E-state index in [2.05, 4.69) is 10.4 Å². The molecule has 1 aromatic heterocycles. The number of nitrogens with one attached hydrogen (secondary N) is 1. The second kappa shape index (κ2) is 6.90. The molecule has 2 rings (SSSR count). The van der Waals surface area contributed by atoms with Crippen LogP contribution in [-0.4, -0.2) is 31.0 Å². The first kappa shape index (κ1) is 15.1. The van der Waals surface area contributed by atoms with Crippen LogP contribution in [0.4, 0.5) is 0 Å². The predicted octanol–water partition coefficient (Wildman–Crippen LogP) is 1.22. The highest BCUT2D eigenvalue weighted by Gasteiger charge is 2.16. The van der Waals surface area contributed by atoms with Crippen LogP contribution in [0.25, 0.3) is 0 Å². The average molecular weight is 289 g/mol. The first-order valence-corrected chi connectivity index (χ1v) is 6.61. The smallest absolute Gasteiger partial charge is 0.266 e. The molecule has 1 heterocycles. The van der Waals surface area contributed by atoms with Crippen LogP contribution < -0.4 is 20.3 Å². The number of aromatic nitrogens is 2. The van der Waals surface area contributed by atoms with Gasteiger partial charge in [0.2, 0.25) is 0 Å². The van der Waals surface area contributed by atoms with E-state index in [0.717, 1.165) is 11.3 Å². The SMILES string of the molecule is CNC(Cn1ncccc1=O)c1ccc(OC)cc1OC. The summed E-state index contributed by atoms with van der Waals surface area (Å²) in [6, 6.07) is 8.63. The number of benzene rings is 1. The predicted molar refractivity (Wildman–Crippen MR) is 79.8 cm³/mol. The first-order chi connectivity index (χ1) is 10.2. The number of likely N-dealkylation sites (N-methyl/N-ethyl adjacent to an activating group) is 1. The van der Waals surface area contributed by atoms with Gasteiger partial charge in [-0.3, -0.25) is 4.79 Å². The fourth-order valence-electron chi connectivity index (χ4n) is 2.15. The molecule has 112 valence electrons. The minimum Gasteiger partial charge on any atom is -0.497 e. The van der Waals surface area contributed by atoms with Gasteiger partial charge in [0.05, 0.1) is 26.8 Å². The maximum atomic E-state index is 11.8. The molecule has 0 amide bonds. The van der Waals surface area contributed by atoms with Crippen LogP contribution in [0, 0.1) is 0 Å². The van der Waals surface area contributed by atoms with Crippen molar-refractivity contribution in [2.45, 2.75) is 12.6 Å². The monoisotopic (exact) mass is 289 g/mol. The summed E-state index contributed by atoms with van der Waals surface area (Å²) in [7, 11) is 5.05. The largest absolute Gasteiger partial charge is 0.497 e. The maximum absolute atomic E-state index is 11.8. The van der Waals surface area contributed by atoms with Crippen molar-refractivity contribution in [2.24, 2.45) is 0 Å². The van der Waals surface area contributed by atoms with E-state index >= 15 is 0 Å². The molecule has 0 fully saturated rings. The van der Waals surface area contributed by atoms with Crippen LogP contribution in [0.1, 0.15) is 11.6 Å². The normalized spacial score (nSPS) is 12.0. The van der Waals surface area contributed by atoms with Crippen LogP contribution >= 0.6 is 0 Å². The maximum Gasteiger partial charge on any atom is 0.266 e. The van der Waals surface area contributed by atoms with Gasteiger partial charge in [-0.1, -0.05) is 0 Å². The molecule has 6 nitrogen and oxygen atoms in total. The average Bonchev–Trinajstić information content (AvgIpc) is 2.53. The topological polar surface area (TPSA) is 65.4 Å². The second-order valence-corrected chi connectivity index (χ2v) is 4.49. The Balaban J connectivity index is 2.33. The van der Waals surface area contributed by atoms with E-state index in [1.54, 1.807) is 26.5 Å². The Morgan fingerprint density at radius 1 is 1.29 bits per heavy atom. The van der Waals surface area contributed by atoms with Gasteiger partial charge in [0.25, 0.3) is 5.56 Å². The third kappa shape index (κ3) is 3.41. The zero-order chi connectivity index (χ0) is 15.2. The molecular weight excluding hydrogens is 270 g/mol. The van der Waals surface area contributed by atoms with E-state index < -0.39 is 0 Å². The molecule has 0 saturated heterocycles. The Labute approximate surface area is 123 Å². The van der Waals surface area contributed by atoms with Gasteiger partial charge in [-0.25, -0.2) is 4.68 Å². The van der Waals surface area contributed by atoms with Crippen molar-refractivity contribution in [2.75, 3.05) is 21.3 Å². The van der Waals surface area contributed by atoms with Gasteiger partial charge in [0.15, 0.2) is 0 Å². The highest BCUT2D eigenvalue weighted by atomic mass is 16.5. The Bertz CT molecular complexity index is 655. The fraction of sp³-hybridized carbons (Fsp3) is 0.333. The standard InChI is InChI=1S/C15H19N3O3/c1-16-13(10-18-15(19)5-4-8-17-18)12-7-6-11(20-2)9-14(12)21-3/h4-9,13,16H,10H2,1-3H3. The number of nitrogens with zero attached hydrogens (tertiary/aromatic N) is 2. The van der Waals surface area contributed by atoms with Gasteiger partial charge in [-0.2, -0.15) is 5.10 Å². The van der Waals surface area contributed by atoms with E-state index in [-0.39, 0.29) is 11.6 Å². The van der Waals surface area contributed by atoms with E-state index in [0.29, 0.717) is 12.3 Å². The van der Waals surface area contributed by atoms with E-state index in [1.807, 2.05) is 25.2 Å². The molecule has 6 heteroatoms. The second-order valence-electron chi connectivity index (χ2n) is 4.49. The molecule has 0 bridgehead atoms. The minimum absolute atomic E-state index is 0.0987. The number of hydrogen-bond donors (Lipinski definition) is 1. The van der Waals surface area contributed by atoms with Crippen molar-refractivity contribution in [1.29, 1.82) is 0 Å². The van der Waals surface area contributed by atoms with E-state index in [9.17, 15) is 4.79 Å². The summed E-state index contributed by atoms with van der Waals surface area (Å²) in [5.41, 5.74) is 0.809. The van der Waals surface area contributed by atoms with E-state index in [1.165, 1.54) is 10.7 Å². The van der Waals surface area contributed by atoms with Crippen LogP contribution in [-0.2, 0) is 6.54 Å². The summed E-state index contributed by atoms with van der Waals surface area (Å²) in [6.45, 7) is 0.416. The molecule has 1 aromatic carbocycles. The molecule has 1 unspecified atom stereocenters. The molecule has 0 aliphatic heterocycles. The highest BCUT2D eigenvalue weighted by molar-refractivity contribution is 5.42. The van der Waals surface area contributed by atoms with Gasteiger partial charge in [-0.05, 0) is 25.2 Å². The molecule has 0 radical (unpaired) electrons. The van der Waals surface area contributed by atoms with Crippen molar-refractivity contribution in [3.8, 4) is 11.5 Å². The van der Waals surface area contributed by atoms with Crippen molar-refractivity contribution in [3.05, 3.63) is 52.4 Å². The summed E-state index contributed by atoms with van der Waals surface area (Å²) in [4.78, 5) is 11.8. The first-order valence-electron chi connectivity index (χ1n) is 6.61. The number of hydrogen-bond acceptors (Lipinski definition) is 5. The zero-order valence-electron chi connectivity index (χ0n) is 12.4. The Hall–Kier alpha value is -2.34. The van der Waals surface area contributed by atoms with Gasteiger partial charge in [0, 0.05) is 23.9 Å². The van der Waals surface area contributed by atoms with Gasteiger partial charge in [-0.15, -0.1) is 0 Å². The summed E-state index contributed by atoms with van der Waals surface area (Å²) < 4.78 is 12.0. The zero-order valence-corrected chi connectivity index (χ0v) is 12.4. The Kier molecular flexibility index (Phi) is 4.94. The summed E-state index contributed by atoms with van der Waals surface area (Å²) in [6.07, 6.45) is 1.60. The molecule has 21 heavy (non-hydrogen) atoms. The molecule has 1 N–H and O–H groups in total. The lowest BCUT2D eigenvalue weighted by atomic mass is 10.1. The van der Waals surface area contributed by atoms with Crippen molar-refractivity contribution >= 4 is 0 Å². The lowest BCUT2D eigenvalue weighted by Crippen LogP contribution is -2.30. The van der Waals surface area contributed by atoms with Crippen LogP contribution in [0.3, 0.4) is 0 Å². The lowest BCUT2D eigenvalue weighted by molar-refractivity contribution is 0.377.